The molecule has 2 saturated heterocycles. The smallest absolute Gasteiger partial charge is 0.125 e. The number of nitrogens with two attached hydrogens (primary N) is 1. The quantitative estimate of drug-likeness (QED) is 0.791. The summed E-state index contributed by atoms with van der Waals surface area (Å²) in [6.07, 6.45) is 4.98. The summed E-state index contributed by atoms with van der Waals surface area (Å²) in [6, 6.07) is 5.55. The number of nitrogen functional groups attached to an aromatic ring is 1. The molecule has 1 aromatic rings. The molecule has 1 aromatic carbocycles. The third-order valence-corrected chi connectivity index (χ3v) is 4.21. The van der Waals surface area contributed by atoms with Crippen LogP contribution in [0.15, 0.2) is 18.2 Å². The Morgan fingerprint density at radius 3 is 3.00 bits per heavy atom. The molecule has 18 heavy (non-hydrogen) atoms. The van der Waals surface area contributed by atoms with E-state index in [0.717, 1.165) is 18.7 Å². The maximum absolute atomic E-state index is 13.2. The summed E-state index contributed by atoms with van der Waals surface area (Å²) in [5.74, 6) is -0.231. The SMILES string of the molecule is Nc1ccc(F)cc1NC1CCN2CCCCC12. The van der Waals surface area contributed by atoms with Crippen LogP contribution in [0, 0.1) is 5.82 Å². The Labute approximate surface area is 107 Å². The van der Waals surface area contributed by atoms with Crippen molar-refractivity contribution >= 4 is 11.4 Å². The highest BCUT2D eigenvalue weighted by Crippen LogP contribution is 2.30. The van der Waals surface area contributed by atoms with E-state index in [4.69, 9.17) is 5.73 Å². The molecule has 2 aliphatic heterocycles. The molecule has 0 aliphatic carbocycles. The van der Waals surface area contributed by atoms with Crippen molar-refractivity contribution in [3.63, 3.8) is 0 Å². The van der Waals surface area contributed by atoms with Crippen LogP contribution >= 0.6 is 0 Å². The average Bonchev–Trinajstić information content (AvgIpc) is 2.78. The van der Waals surface area contributed by atoms with Gasteiger partial charge in [-0.15, -0.1) is 0 Å². The molecule has 0 radical (unpaired) electrons. The lowest BCUT2D eigenvalue weighted by Crippen LogP contribution is -2.41. The number of nitrogens with one attached hydrogen (secondary N) is 1. The van der Waals surface area contributed by atoms with Crippen LogP contribution in [0.5, 0.6) is 0 Å². The highest BCUT2D eigenvalue weighted by Gasteiger charge is 2.35. The van der Waals surface area contributed by atoms with Gasteiger partial charge in [0, 0.05) is 18.6 Å². The van der Waals surface area contributed by atoms with Crippen LogP contribution in [-0.4, -0.2) is 30.1 Å². The van der Waals surface area contributed by atoms with Crippen LogP contribution in [0.1, 0.15) is 25.7 Å². The molecule has 3 N–H and O–H groups in total. The number of hydrogen-bond donors (Lipinski definition) is 2. The second-order valence-corrected chi connectivity index (χ2v) is 5.37. The third kappa shape index (κ3) is 2.17. The monoisotopic (exact) mass is 249 g/mol. The topological polar surface area (TPSA) is 41.3 Å². The molecule has 2 unspecified atom stereocenters. The molecule has 2 aliphatic rings. The van der Waals surface area contributed by atoms with Gasteiger partial charge in [-0.25, -0.2) is 4.39 Å². The Morgan fingerprint density at radius 2 is 2.11 bits per heavy atom. The highest BCUT2D eigenvalue weighted by atomic mass is 19.1. The lowest BCUT2D eigenvalue weighted by molar-refractivity contribution is 0.193. The fourth-order valence-corrected chi connectivity index (χ4v) is 3.27. The second-order valence-electron chi connectivity index (χ2n) is 5.37. The first-order valence-corrected chi connectivity index (χ1v) is 6.79. The predicted octanol–water partition coefficient (Wildman–Crippen LogP) is 2.45. The van der Waals surface area contributed by atoms with Crippen molar-refractivity contribution in [2.75, 3.05) is 24.1 Å². The first-order chi connectivity index (χ1) is 8.74. The van der Waals surface area contributed by atoms with E-state index in [9.17, 15) is 4.39 Å². The lowest BCUT2D eigenvalue weighted by Gasteiger charge is -2.33. The summed E-state index contributed by atoms with van der Waals surface area (Å²) < 4.78 is 13.2. The first kappa shape index (κ1) is 11.8. The first-order valence-electron chi connectivity index (χ1n) is 6.79. The van der Waals surface area contributed by atoms with E-state index < -0.39 is 0 Å². The molecule has 3 rings (SSSR count). The van der Waals surface area contributed by atoms with Crippen molar-refractivity contribution in [3.05, 3.63) is 24.0 Å². The molecule has 4 heteroatoms. The fraction of sp³-hybridized carbons (Fsp3) is 0.571. The van der Waals surface area contributed by atoms with Gasteiger partial charge in [-0.1, -0.05) is 6.42 Å². The van der Waals surface area contributed by atoms with Gasteiger partial charge in [0.1, 0.15) is 5.82 Å². The van der Waals surface area contributed by atoms with Crippen LogP contribution in [-0.2, 0) is 0 Å². The van der Waals surface area contributed by atoms with E-state index in [0.29, 0.717) is 17.8 Å². The molecule has 0 aromatic heterocycles. The number of fused-ring (bicyclic) bond motifs is 1. The van der Waals surface area contributed by atoms with Crippen LogP contribution in [0.25, 0.3) is 0 Å². The molecule has 0 saturated carbocycles. The van der Waals surface area contributed by atoms with Crippen molar-refractivity contribution in [1.82, 2.24) is 4.90 Å². The van der Waals surface area contributed by atoms with Gasteiger partial charge in [0.25, 0.3) is 0 Å². The van der Waals surface area contributed by atoms with Crippen LogP contribution in [0.3, 0.4) is 0 Å². The number of halogens is 1. The summed E-state index contributed by atoms with van der Waals surface area (Å²) in [4.78, 5) is 2.55. The average molecular weight is 249 g/mol. The van der Waals surface area contributed by atoms with Gasteiger partial charge >= 0.3 is 0 Å². The number of piperidine rings is 1. The minimum Gasteiger partial charge on any atom is -0.397 e. The van der Waals surface area contributed by atoms with Gasteiger partial charge in [-0.2, -0.15) is 0 Å². The zero-order valence-electron chi connectivity index (χ0n) is 10.5. The minimum absolute atomic E-state index is 0.231. The molecule has 98 valence electrons. The van der Waals surface area contributed by atoms with E-state index in [1.54, 1.807) is 6.07 Å². The Balaban J connectivity index is 1.74. The molecule has 0 spiro atoms. The summed E-state index contributed by atoms with van der Waals surface area (Å²) >= 11 is 0. The third-order valence-electron chi connectivity index (χ3n) is 4.21. The van der Waals surface area contributed by atoms with Crippen molar-refractivity contribution in [2.45, 2.75) is 37.8 Å². The highest BCUT2D eigenvalue weighted by molar-refractivity contribution is 5.66. The molecular formula is C14H20FN3. The number of benzene rings is 1. The molecule has 2 atom stereocenters. The van der Waals surface area contributed by atoms with Gasteiger partial charge in [0.2, 0.25) is 0 Å². The molecule has 0 amide bonds. The zero-order valence-corrected chi connectivity index (χ0v) is 10.5. The number of rotatable bonds is 2. The molecule has 3 nitrogen and oxygen atoms in total. The fourth-order valence-electron chi connectivity index (χ4n) is 3.27. The van der Waals surface area contributed by atoms with Gasteiger partial charge in [0.15, 0.2) is 0 Å². The summed E-state index contributed by atoms with van der Waals surface area (Å²) in [6.45, 7) is 2.36. The van der Waals surface area contributed by atoms with Crippen molar-refractivity contribution in [1.29, 1.82) is 0 Å². The maximum atomic E-state index is 13.2. The van der Waals surface area contributed by atoms with Crippen molar-refractivity contribution in [2.24, 2.45) is 0 Å². The molecule has 2 heterocycles. The van der Waals surface area contributed by atoms with Crippen LogP contribution < -0.4 is 11.1 Å². The molecular weight excluding hydrogens is 229 g/mol. The van der Waals surface area contributed by atoms with Gasteiger partial charge in [-0.05, 0) is 44.0 Å². The van der Waals surface area contributed by atoms with E-state index in [1.165, 1.54) is 37.9 Å². The Kier molecular flexibility index (Phi) is 3.12. The van der Waals surface area contributed by atoms with E-state index in [1.807, 2.05) is 0 Å². The van der Waals surface area contributed by atoms with Gasteiger partial charge in [0.05, 0.1) is 11.4 Å². The van der Waals surface area contributed by atoms with E-state index >= 15 is 0 Å². The van der Waals surface area contributed by atoms with E-state index in [-0.39, 0.29) is 5.82 Å². The summed E-state index contributed by atoms with van der Waals surface area (Å²) in [5.41, 5.74) is 7.27. The standard InChI is InChI=1S/C14H20FN3/c15-10-4-5-11(16)13(9-10)17-12-6-8-18-7-2-1-3-14(12)18/h4-5,9,12,14,17H,1-3,6-8,16H2. The Hall–Kier alpha value is -1.29. The van der Waals surface area contributed by atoms with Gasteiger partial charge < -0.3 is 11.1 Å². The van der Waals surface area contributed by atoms with Crippen LogP contribution in [0.2, 0.25) is 0 Å². The van der Waals surface area contributed by atoms with Gasteiger partial charge in [-0.3, -0.25) is 4.90 Å². The maximum Gasteiger partial charge on any atom is 0.125 e. The Bertz CT molecular complexity index is 435. The molecule has 2 fully saturated rings. The van der Waals surface area contributed by atoms with Crippen molar-refractivity contribution in [3.8, 4) is 0 Å². The largest absolute Gasteiger partial charge is 0.397 e. The molecule has 0 bridgehead atoms. The summed E-state index contributed by atoms with van der Waals surface area (Å²) in [5, 5.41) is 3.44. The second kappa shape index (κ2) is 4.76. The minimum atomic E-state index is -0.231. The van der Waals surface area contributed by atoms with Crippen molar-refractivity contribution < 1.29 is 4.39 Å². The van der Waals surface area contributed by atoms with E-state index in [2.05, 4.69) is 10.2 Å². The Morgan fingerprint density at radius 1 is 1.22 bits per heavy atom. The zero-order chi connectivity index (χ0) is 12.5. The number of nitrogens with zero attached hydrogens (tertiary/aromatic N) is 1. The lowest BCUT2D eigenvalue weighted by atomic mass is 9.99. The predicted molar refractivity (Wildman–Crippen MR) is 72.1 cm³/mol. The summed E-state index contributed by atoms with van der Waals surface area (Å²) in [7, 11) is 0. The normalized spacial score (nSPS) is 28.1. The number of hydrogen-bond acceptors (Lipinski definition) is 3. The number of anilines is 2. The van der Waals surface area contributed by atoms with Crippen LogP contribution in [0.4, 0.5) is 15.8 Å².